The average molecular weight is 293 g/mol. The molecule has 1 aromatic rings. The Morgan fingerprint density at radius 1 is 1.50 bits per heavy atom. The van der Waals surface area contributed by atoms with Gasteiger partial charge in [0.2, 0.25) is 0 Å². The summed E-state index contributed by atoms with van der Waals surface area (Å²) in [5.74, 6) is 2.44. The molecular formula is C10H11BrClNS. The Balaban J connectivity index is 2.08. The monoisotopic (exact) mass is 291 g/mol. The van der Waals surface area contributed by atoms with E-state index in [1.165, 1.54) is 17.9 Å². The van der Waals surface area contributed by atoms with Crippen molar-refractivity contribution >= 4 is 45.0 Å². The van der Waals surface area contributed by atoms with E-state index in [2.05, 4.69) is 21.2 Å². The van der Waals surface area contributed by atoms with Gasteiger partial charge in [-0.25, -0.2) is 0 Å². The van der Waals surface area contributed by atoms with E-state index in [9.17, 15) is 0 Å². The molecule has 1 aliphatic heterocycles. The van der Waals surface area contributed by atoms with Crippen LogP contribution in [0.1, 0.15) is 6.42 Å². The second-order valence-corrected chi connectivity index (χ2v) is 5.80. The summed E-state index contributed by atoms with van der Waals surface area (Å²) in [4.78, 5) is 0. The van der Waals surface area contributed by atoms with Crippen molar-refractivity contribution in [1.82, 2.24) is 0 Å². The standard InChI is InChI=1S/C10H11BrClNS/c11-7-1-2-10(9(12)5-7)13-8-3-4-14-6-8/h1-2,5,8,13H,3-4,6H2. The van der Waals surface area contributed by atoms with E-state index in [1.54, 1.807) is 0 Å². The first-order valence-corrected chi connectivity index (χ1v) is 6.87. The molecule has 1 unspecified atom stereocenters. The minimum absolute atomic E-state index is 0.582. The molecule has 2 rings (SSSR count). The van der Waals surface area contributed by atoms with Crippen molar-refractivity contribution in [2.24, 2.45) is 0 Å². The number of rotatable bonds is 2. The molecule has 76 valence electrons. The van der Waals surface area contributed by atoms with Crippen LogP contribution < -0.4 is 5.32 Å². The second kappa shape index (κ2) is 4.77. The fourth-order valence-corrected chi connectivity index (χ4v) is 3.36. The van der Waals surface area contributed by atoms with E-state index in [1.807, 2.05) is 30.0 Å². The van der Waals surface area contributed by atoms with Crippen molar-refractivity contribution in [3.8, 4) is 0 Å². The van der Waals surface area contributed by atoms with Crippen LogP contribution >= 0.6 is 39.3 Å². The number of nitrogens with one attached hydrogen (secondary N) is 1. The van der Waals surface area contributed by atoms with Crippen molar-refractivity contribution in [2.45, 2.75) is 12.5 Å². The first kappa shape index (κ1) is 10.7. The number of halogens is 2. The third-order valence-corrected chi connectivity index (χ3v) is 4.19. The molecule has 0 saturated carbocycles. The van der Waals surface area contributed by atoms with Crippen LogP contribution in [0.5, 0.6) is 0 Å². The van der Waals surface area contributed by atoms with Crippen LogP contribution in [0.15, 0.2) is 22.7 Å². The van der Waals surface area contributed by atoms with E-state index >= 15 is 0 Å². The highest BCUT2D eigenvalue weighted by atomic mass is 79.9. The van der Waals surface area contributed by atoms with Gasteiger partial charge in [-0.15, -0.1) is 0 Å². The Morgan fingerprint density at radius 2 is 2.36 bits per heavy atom. The van der Waals surface area contributed by atoms with Gasteiger partial charge in [-0.1, -0.05) is 27.5 Å². The maximum atomic E-state index is 6.11. The maximum Gasteiger partial charge on any atom is 0.0648 e. The van der Waals surface area contributed by atoms with Crippen molar-refractivity contribution in [1.29, 1.82) is 0 Å². The third kappa shape index (κ3) is 2.59. The molecule has 14 heavy (non-hydrogen) atoms. The molecule has 0 aromatic heterocycles. The van der Waals surface area contributed by atoms with Crippen LogP contribution in [-0.4, -0.2) is 17.5 Å². The predicted octanol–water partition coefficient (Wildman–Crippen LogP) is 4.02. The number of hydrogen-bond donors (Lipinski definition) is 1. The lowest BCUT2D eigenvalue weighted by atomic mass is 10.2. The molecule has 1 aromatic carbocycles. The summed E-state index contributed by atoms with van der Waals surface area (Å²) in [7, 11) is 0. The van der Waals surface area contributed by atoms with E-state index in [4.69, 9.17) is 11.6 Å². The van der Waals surface area contributed by atoms with Gasteiger partial charge < -0.3 is 5.32 Å². The number of benzene rings is 1. The number of thioether (sulfide) groups is 1. The van der Waals surface area contributed by atoms with Gasteiger partial charge in [0.15, 0.2) is 0 Å². The minimum Gasteiger partial charge on any atom is -0.380 e. The Morgan fingerprint density at radius 3 is 3.00 bits per heavy atom. The molecule has 0 amide bonds. The van der Waals surface area contributed by atoms with Gasteiger partial charge in [0.1, 0.15) is 0 Å². The highest BCUT2D eigenvalue weighted by Crippen LogP contribution is 2.28. The molecule has 0 aliphatic carbocycles. The van der Waals surface area contributed by atoms with Crippen LogP contribution in [-0.2, 0) is 0 Å². The van der Waals surface area contributed by atoms with Crippen LogP contribution in [0.4, 0.5) is 5.69 Å². The molecule has 1 heterocycles. The Bertz CT molecular complexity index is 326. The summed E-state index contributed by atoms with van der Waals surface area (Å²) in [5, 5.41) is 4.25. The van der Waals surface area contributed by atoms with Gasteiger partial charge in [0.25, 0.3) is 0 Å². The molecule has 4 heteroatoms. The zero-order valence-corrected chi connectivity index (χ0v) is 10.8. The van der Waals surface area contributed by atoms with Gasteiger partial charge in [-0.3, -0.25) is 0 Å². The maximum absolute atomic E-state index is 6.11. The smallest absolute Gasteiger partial charge is 0.0648 e. The van der Waals surface area contributed by atoms with E-state index in [0.29, 0.717) is 6.04 Å². The first-order valence-electron chi connectivity index (χ1n) is 4.55. The zero-order valence-electron chi connectivity index (χ0n) is 7.59. The third-order valence-electron chi connectivity index (χ3n) is 2.22. The Hall–Kier alpha value is 0.140. The topological polar surface area (TPSA) is 12.0 Å². The van der Waals surface area contributed by atoms with Gasteiger partial charge in [-0.05, 0) is 30.4 Å². The SMILES string of the molecule is Clc1cc(Br)ccc1NC1CCSC1. The zero-order chi connectivity index (χ0) is 9.97. The van der Waals surface area contributed by atoms with E-state index in [0.717, 1.165) is 15.2 Å². The van der Waals surface area contributed by atoms with Crippen molar-refractivity contribution < 1.29 is 0 Å². The highest BCUT2D eigenvalue weighted by Gasteiger charge is 2.15. The summed E-state index contributed by atoms with van der Waals surface area (Å²) >= 11 is 11.5. The number of hydrogen-bond acceptors (Lipinski definition) is 2. The molecular weight excluding hydrogens is 282 g/mol. The molecule has 0 spiro atoms. The lowest BCUT2D eigenvalue weighted by molar-refractivity contribution is 0.813. The molecule has 0 bridgehead atoms. The summed E-state index contributed by atoms with van der Waals surface area (Å²) in [6, 6.07) is 6.54. The molecule has 1 aliphatic rings. The fraction of sp³-hybridized carbons (Fsp3) is 0.400. The Labute approximate surface area is 102 Å². The fourth-order valence-electron chi connectivity index (χ4n) is 1.47. The normalized spacial score (nSPS) is 21.1. The van der Waals surface area contributed by atoms with Crippen LogP contribution in [0.3, 0.4) is 0 Å². The largest absolute Gasteiger partial charge is 0.380 e. The van der Waals surface area contributed by atoms with Crippen molar-refractivity contribution in [3.63, 3.8) is 0 Å². The Kier molecular flexibility index (Phi) is 3.63. The van der Waals surface area contributed by atoms with Crippen molar-refractivity contribution in [3.05, 3.63) is 27.7 Å². The quantitative estimate of drug-likeness (QED) is 0.883. The summed E-state index contributed by atoms with van der Waals surface area (Å²) in [5.41, 5.74) is 1.04. The van der Waals surface area contributed by atoms with Crippen LogP contribution in [0, 0.1) is 0 Å². The lowest BCUT2D eigenvalue weighted by Gasteiger charge is -2.14. The van der Waals surface area contributed by atoms with Crippen LogP contribution in [0.2, 0.25) is 5.02 Å². The van der Waals surface area contributed by atoms with Crippen molar-refractivity contribution in [2.75, 3.05) is 16.8 Å². The molecule has 0 radical (unpaired) electrons. The molecule has 1 nitrogen and oxygen atoms in total. The average Bonchev–Trinajstić information content (AvgIpc) is 2.62. The summed E-state index contributed by atoms with van der Waals surface area (Å²) < 4.78 is 1.02. The lowest BCUT2D eigenvalue weighted by Crippen LogP contribution is -2.18. The van der Waals surface area contributed by atoms with Gasteiger partial charge >= 0.3 is 0 Å². The molecule has 1 atom stereocenters. The predicted molar refractivity (Wildman–Crippen MR) is 68.5 cm³/mol. The van der Waals surface area contributed by atoms with Gasteiger partial charge in [-0.2, -0.15) is 11.8 Å². The molecule has 1 fully saturated rings. The summed E-state index contributed by atoms with van der Waals surface area (Å²) in [6.45, 7) is 0. The molecule has 1 saturated heterocycles. The first-order chi connectivity index (χ1) is 6.75. The van der Waals surface area contributed by atoms with E-state index < -0.39 is 0 Å². The number of anilines is 1. The van der Waals surface area contributed by atoms with Gasteiger partial charge in [0, 0.05) is 16.3 Å². The second-order valence-electron chi connectivity index (χ2n) is 3.33. The summed E-state index contributed by atoms with van der Waals surface area (Å²) in [6.07, 6.45) is 1.23. The van der Waals surface area contributed by atoms with Gasteiger partial charge in [0.05, 0.1) is 10.7 Å². The minimum atomic E-state index is 0.582. The van der Waals surface area contributed by atoms with Crippen LogP contribution in [0.25, 0.3) is 0 Å². The molecule has 1 N–H and O–H groups in total. The van der Waals surface area contributed by atoms with E-state index in [-0.39, 0.29) is 0 Å². The highest BCUT2D eigenvalue weighted by molar-refractivity contribution is 9.10.